The number of carbonyl (C=O) groups is 1. The van der Waals surface area contributed by atoms with Gasteiger partial charge in [-0.3, -0.25) is 9.69 Å². The van der Waals surface area contributed by atoms with Gasteiger partial charge in [-0.25, -0.2) is 0 Å². The van der Waals surface area contributed by atoms with Crippen LogP contribution in [0.4, 0.5) is 13.2 Å². The van der Waals surface area contributed by atoms with Crippen molar-refractivity contribution >= 4 is 5.97 Å². The van der Waals surface area contributed by atoms with Crippen molar-refractivity contribution in [2.45, 2.75) is 44.8 Å². The number of hydrogen-bond acceptors (Lipinski definition) is 2. The van der Waals surface area contributed by atoms with E-state index in [1.54, 1.807) is 0 Å². The maximum Gasteiger partial charge on any atom is 0.401 e. The Labute approximate surface area is 93.2 Å². The van der Waals surface area contributed by atoms with Crippen molar-refractivity contribution in [3.8, 4) is 0 Å². The minimum absolute atomic E-state index is 0.0904. The van der Waals surface area contributed by atoms with E-state index in [-0.39, 0.29) is 18.9 Å². The van der Waals surface area contributed by atoms with E-state index in [4.69, 9.17) is 5.11 Å². The average Bonchev–Trinajstić information content (AvgIpc) is 2.08. The Morgan fingerprint density at radius 1 is 1.38 bits per heavy atom. The van der Waals surface area contributed by atoms with Crippen molar-refractivity contribution in [2.75, 3.05) is 13.6 Å². The molecule has 0 unspecified atom stereocenters. The number of nitrogens with zero attached hydrogens (tertiary/aromatic N) is 1. The average molecular weight is 241 g/mol. The first-order valence-electron chi connectivity index (χ1n) is 5.25. The maximum absolute atomic E-state index is 12.1. The molecule has 0 amide bonds. The van der Waals surface area contributed by atoms with Gasteiger partial charge in [0, 0.05) is 12.5 Å². The van der Waals surface area contributed by atoms with Crippen molar-refractivity contribution in [3.63, 3.8) is 0 Å². The molecule has 0 saturated heterocycles. The van der Waals surface area contributed by atoms with Crippen LogP contribution in [0.3, 0.4) is 0 Å². The molecule has 6 heteroatoms. The third kappa shape index (κ3) is 7.50. The summed E-state index contributed by atoms with van der Waals surface area (Å²) >= 11 is 0. The highest BCUT2D eigenvalue weighted by molar-refractivity contribution is 5.66. The van der Waals surface area contributed by atoms with Gasteiger partial charge in [0.2, 0.25) is 0 Å². The van der Waals surface area contributed by atoms with Gasteiger partial charge in [-0.05, 0) is 19.9 Å². The predicted molar refractivity (Wildman–Crippen MR) is 54.3 cm³/mol. The third-order valence-corrected chi connectivity index (χ3v) is 2.37. The zero-order valence-electron chi connectivity index (χ0n) is 9.55. The standard InChI is InChI=1S/C10H18F3NO2/c1-3-4-8(5-6-9(15)16)14(2)7-10(11,12)13/h8H,3-7H2,1-2H3,(H,15,16)/t8-/m1/s1. The first-order valence-corrected chi connectivity index (χ1v) is 5.25. The second kappa shape index (κ2) is 6.73. The molecule has 0 aliphatic carbocycles. The summed E-state index contributed by atoms with van der Waals surface area (Å²) in [5.41, 5.74) is 0. The molecule has 0 rings (SSSR count). The Balaban J connectivity index is 4.22. The van der Waals surface area contributed by atoms with Crippen molar-refractivity contribution in [2.24, 2.45) is 0 Å². The zero-order chi connectivity index (χ0) is 12.8. The molecule has 0 fully saturated rings. The van der Waals surface area contributed by atoms with E-state index in [2.05, 4.69) is 0 Å². The van der Waals surface area contributed by atoms with Gasteiger partial charge in [-0.2, -0.15) is 13.2 Å². The van der Waals surface area contributed by atoms with E-state index in [1.807, 2.05) is 6.92 Å². The molecule has 0 saturated carbocycles. The summed E-state index contributed by atoms with van der Waals surface area (Å²) in [5, 5.41) is 8.50. The highest BCUT2D eigenvalue weighted by Crippen LogP contribution is 2.20. The molecule has 0 bridgehead atoms. The van der Waals surface area contributed by atoms with E-state index in [9.17, 15) is 18.0 Å². The molecule has 16 heavy (non-hydrogen) atoms. The number of aliphatic carboxylic acids is 1. The second-order valence-electron chi connectivity index (χ2n) is 3.91. The number of carboxylic acid groups (broad SMARTS) is 1. The molecule has 0 aromatic rings. The minimum Gasteiger partial charge on any atom is -0.481 e. The highest BCUT2D eigenvalue weighted by atomic mass is 19.4. The maximum atomic E-state index is 12.1. The molecule has 0 radical (unpaired) electrons. The molecular formula is C10H18F3NO2. The number of rotatable bonds is 7. The van der Waals surface area contributed by atoms with Crippen LogP contribution in [-0.2, 0) is 4.79 Å². The molecule has 0 spiro atoms. The fraction of sp³-hybridized carbons (Fsp3) is 0.900. The Bertz CT molecular complexity index is 219. The fourth-order valence-electron chi connectivity index (χ4n) is 1.62. The van der Waals surface area contributed by atoms with E-state index in [0.717, 1.165) is 6.42 Å². The van der Waals surface area contributed by atoms with Gasteiger partial charge >= 0.3 is 12.1 Å². The van der Waals surface area contributed by atoms with Crippen LogP contribution in [0.1, 0.15) is 32.6 Å². The van der Waals surface area contributed by atoms with Crippen LogP contribution in [0.15, 0.2) is 0 Å². The Kier molecular flexibility index (Phi) is 6.40. The summed E-state index contributed by atoms with van der Waals surface area (Å²) in [5.74, 6) is -0.971. The van der Waals surface area contributed by atoms with Gasteiger partial charge in [-0.15, -0.1) is 0 Å². The second-order valence-corrected chi connectivity index (χ2v) is 3.91. The number of hydrogen-bond donors (Lipinski definition) is 1. The minimum atomic E-state index is -4.23. The lowest BCUT2D eigenvalue weighted by Crippen LogP contribution is -2.39. The molecule has 0 aromatic heterocycles. The highest BCUT2D eigenvalue weighted by Gasteiger charge is 2.31. The van der Waals surface area contributed by atoms with Crippen LogP contribution in [0.5, 0.6) is 0 Å². The Hall–Kier alpha value is -0.780. The lowest BCUT2D eigenvalue weighted by Gasteiger charge is -2.28. The predicted octanol–water partition coefficient (Wildman–Crippen LogP) is 2.51. The normalized spacial score (nSPS) is 14.1. The molecule has 1 N–H and O–H groups in total. The van der Waals surface area contributed by atoms with Crippen molar-refractivity contribution < 1.29 is 23.1 Å². The van der Waals surface area contributed by atoms with Gasteiger partial charge < -0.3 is 5.11 Å². The SMILES string of the molecule is CCC[C@H](CCC(=O)O)N(C)CC(F)(F)F. The quantitative estimate of drug-likeness (QED) is 0.744. The number of halogens is 3. The van der Waals surface area contributed by atoms with Gasteiger partial charge in [0.1, 0.15) is 0 Å². The van der Waals surface area contributed by atoms with Gasteiger partial charge in [-0.1, -0.05) is 13.3 Å². The lowest BCUT2D eigenvalue weighted by atomic mass is 10.0. The molecule has 96 valence electrons. The molecular weight excluding hydrogens is 223 g/mol. The molecule has 0 aliphatic rings. The first-order chi connectivity index (χ1) is 7.26. The van der Waals surface area contributed by atoms with Crippen LogP contribution in [-0.4, -0.2) is 41.8 Å². The molecule has 1 atom stereocenters. The van der Waals surface area contributed by atoms with Crippen molar-refractivity contribution in [1.29, 1.82) is 0 Å². The van der Waals surface area contributed by atoms with E-state index < -0.39 is 18.7 Å². The lowest BCUT2D eigenvalue weighted by molar-refractivity contribution is -0.148. The molecule has 0 aromatic carbocycles. The molecule has 0 heterocycles. The number of alkyl halides is 3. The fourth-order valence-corrected chi connectivity index (χ4v) is 1.62. The first kappa shape index (κ1) is 15.2. The summed E-state index contributed by atoms with van der Waals surface area (Å²) in [6, 6.07) is -0.317. The summed E-state index contributed by atoms with van der Waals surface area (Å²) < 4.78 is 36.4. The van der Waals surface area contributed by atoms with Crippen LogP contribution >= 0.6 is 0 Å². The van der Waals surface area contributed by atoms with E-state index in [1.165, 1.54) is 11.9 Å². The van der Waals surface area contributed by atoms with Crippen molar-refractivity contribution in [3.05, 3.63) is 0 Å². The Morgan fingerprint density at radius 3 is 2.31 bits per heavy atom. The molecule has 0 aliphatic heterocycles. The summed E-state index contributed by atoms with van der Waals surface area (Å²) in [6.45, 7) is 0.881. The van der Waals surface area contributed by atoms with Crippen LogP contribution in [0.25, 0.3) is 0 Å². The summed E-state index contributed by atoms with van der Waals surface area (Å²) in [6.07, 6.45) is -2.74. The van der Waals surface area contributed by atoms with Crippen molar-refractivity contribution in [1.82, 2.24) is 4.90 Å². The van der Waals surface area contributed by atoms with Gasteiger partial charge in [0.05, 0.1) is 6.54 Å². The Morgan fingerprint density at radius 2 is 1.94 bits per heavy atom. The van der Waals surface area contributed by atoms with Crippen LogP contribution in [0, 0.1) is 0 Å². The zero-order valence-corrected chi connectivity index (χ0v) is 9.55. The smallest absolute Gasteiger partial charge is 0.401 e. The van der Waals surface area contributed by atoms with Gasteiger partial charge in [0.15, 0.2) is 0 Å². The van der Waals surface area contributed by atoms with Crippen LogP contribution in [0.2, 0.25) is 0 Å². The van der Waals surface area contributed by atoms with E-state index in [0.29, 0.717) is 6.42 Å². The third-order valence-electron chi connectivity index (χ3n) is 2.37. The summed E-state index contributed by atoms with van der Waals surface area (Å²) in [7, 11) is 1.38. The monoisotopic (exact) mass is 241 g/mol. The largest absolute Gasteiger partial charge is 0.481 e. The van der Waals surface area contributed by atoms with Gasteiger partial charge in [0.25, 0.3) is 0 Å². The van der Waals surface area contributed by atoms with Crippen LogP contribution < -0.4 is 0 Å². The van der Waals surface area contributed by atoms with E-state index >= 15 is 0 Å². The summed E-state index contributed by atoms with van der Waals surface area (Å²) in [4.78, 5) is 11.6. The topological polar surface area (TPSA) is 40.5 Å². The molecule has 3 nitrogen and oxygen atoms in total. The number of carboxylic acids is 1.